The molecule has 21 heavy (non-hydrogen) atoms. The van der Waals surface area contributed by atoms with E-state index in [9.17, 15) is 9.59 Å². The van der Waals surface area contributed by atoms with Gasteiger partial charge in [0.2, 0.25) is 0 Å². The summed E-state index contributed by atoms with van der Waals surface area (Å²) in [5, 5.41) is 2.61. The lowest BCUT2D eigenvalue weighted by atomic mass is 9.90. The van der Waals surface area contributed by atoms with E-state index in [2.05, 4.69) is 12.2 Å². The van der Waals surface area contributed by atoms with Crippen LogP contribution >= 0.6 is 11.3 Å². The Morgan fingerprint density at radius 2 is 2.29 bits per heavy atom. The van der Waals surface area contributed by atoms with Crippen molar-refractivity contribution in [1.29, 1.82) is 0 Å². The third-order valence-electron chi connectivity index (χ3n) is 3.49. The molecule has 1 amide bonds. The highest BCUT2D eigenvalue weighted by Gasteiger charge is 2.21. The van der Waals surface area contributed by atoms with Crippen molar-refractivity contribution < 1.29 is 19.1 Å². The fraction of sp³-hybridized carbons (Fsp3) is 0.600. The molecule has 0 fully saturated rings. The Morgan fingerprint density at radius 1 is 1.48 bits per heavy atom. The number of hydrogen-bond acceptors (Lipinski definition) is 5. The van der Waals surface area contributed by atoms with Gasteiger partial charge in [-0.2, -0.15) is 0 Å². The van der Waals surface area contributed by atoms with Crippen molar-refractivity contribution in [2.24, 2.45) is 5.92 Å². The summed E-state index contributed by atoms with van der Waals surface area (Å²) < 4.78 is 9.87. The average molecular weight is 311 g/mol. The molecule has 1 aliphatic rings. The second-order valence-electron chi connectivity index (χ2n) is 5.33. The predicted octanol–water partition coefficient (Wildman–Crippen LogP) is 1.79. The summed E-state index contributed by atoms with van der Waals surface area (Å²) in [4.78, 5) is 25.3. The van der Waals surface area contributed by atoms with Crippen LogP contribution in [0.4, 0.5) is 0 Å². The summed E-state index contributed by atoms with van der Waals surface area (Å²) in [5.41, 5.74) is 1.26. The van der Waals surface area contributed by atoms with E-state index in [-0.39, 0.29) is 12.5 Å². The third-order valence-corrected chi connectivity index (χ3v) is 4.71. The molecule has 2 rings (SSSR count). The quantitative estimate of drug-likeness (QED) is 0.642. The van der Waals surface area contributed by atoms with Gasteiger partial charge < -0.3 is 14.8 Å². The molecule has 5 nitrogen and oxygen atoms in total. The summed E-state index contributed by atoms with van der Waals surface area (Å²) >= 11 is 1.49. The highest BCUT2D eigenvalue weighted by Crippen LogP contribution is 2.32. The third kappa shape index (κ3) is 4.54. The van der Waals surface area contributed by atoms with E-state index in [4.69, 9.17) is 9.47 Å². The number of esters is 1. The summed E-state index contributed by atoms with van der Waals surface area (Å²) in [6.07, 6.45) is 3.23. The van der Waals surface area contributed by atoms with Gasteiger partial charge in [-0.05, 0) is 36.8 Å². The van der Waals surface area contributed by atoms with E-state index in [1.807, 2.05) is 6.07 Å². The maximum atomic E-state index is 12.0. The van der Waals surface area contributed by atoms with Gasteiger partial charge in [-0.3, -0.25) is 4.79 Å². The van der Waals surface area contributed by atoms with Crippen molar-refractivity contribution in [1.82, 2.24) is 5.32 Å². The monoisotopic (exact) mass is 311 g/mol. The zero-order valence-electron chi connectivity index (χ0n) is 12.4. The van der Waals surface area contributed by atoms with Crippen molar-refractivity contribution >= 4 is 23.2 Å². The first kappa shape index (κ1) is 16.0. The predicted molar refractivity (Wildman–Crippen MR) is 80.7 cm³/mol. The molecule has 0 saturated carbocycles. The average Bonchev–Trinajstić information content (AvgIpc) is 2.88. The lowest BCUT2D eigenvalue weighted by molar-refractivity contribution is -0.124. The van der Waals surface area contributed by atoms with Gasteiger partial charge in [-0.25, -0.2) is 4.79 Å². The van der Waals surface area contributed by atoms with Crippen LogP contribution < -0.4 is 5.32 Å². The molecule has 0 bridgehead atoms. The summed E-state index contributed by atoms with van der Waals surface area (Å²) in [7, 11) is 1.56. The van der Waals surface area contributed by atoms with E-state index < -0.39 is 5.97 Å². The zero-order valence-corrected chi connectivity index (χ0v) is 13.3. The Bertz CT molecular complexity index is 512. The molecule has 0 spiro atoms. The Labute approximate surface area is 128 Å². The molecular formula is C15H21NO4S. The lowest BCUT2D eigenvalue weighted by Gasteiger charge is -2.16. The largest absolute Gasteiger partial charge is 0.451 e. The van der Waals surface area contributed by atoms with Gasteiger partial charge in [-0.1, -0.05) is 6.92 Å². The molecule has 1 aliphatic carbocycles. The Balaban J connectivity index is 1.82. The second kappa shape index (κ2) is 7.56. The van der Waals surface area contributed by atoms with E-state index in [0.29, 0.717) is 23.9 Å². The van der Waals surface area contributed by atoms with Gasteiger partial charge in [0.15, 0.2) is 6.61 Å². The Kier molecular flexibility index (Phi) is 5.76. The molecule has 0 aliphatic heterocycles. The molecule has 0 radical (unpaired) electrons. The molecule has 1 N–H and O–H groups in total. The minimum atomic E-state index is -0.413. The molecule has 1 aromatic heterocycles. The van der Waals surface area contributed by atoms with Crippen LogP contribution in [0.5, 0.6) is 0 Å². The van der Waals surface area contributed by atoms with Crippen LogP contribution in [-0.4, -0.2) is 38.7 Å². The Hall–Kier alpha value is -1.40. The number of carbonyl (C=O) groups is 2. The van der Waals surface area contributed by atoms with Crippen LogP contribution in [-0.2, 0) is 27.1 Å². The van der Waals surface area contributed by atoms with Crippen LogP contribution in [0.25, 0.3) is 0 Å². The van der Waals surface area contributed by atoms with Gasteiger partial charge in [-0.15, -0.1) is 11.3 Å². The maximum Gasteiger partial charge on any atom is 0.348 e. The van der Waals surface area contributed by atoms with Crippen molar-refractivity contribution in [3.63, 3.8) is 0 Å². The minimum absolute atomic E-state index is 0.248. The molecule has 1 heterocycles. The molecule has 0 unspecified atom stereocenters. The number of rotatable bonds is 6. The Morgan fingerprint density at radius 3 is 3.05 bits per heavy atom. The van der Waals surface area contributed by atoms with Crippen molar-refractivity contribution in [2.75, 3.05) is 26.9 Å². The van der Waals surface area contributed by atoms with E-state index in [0.717, 1.165) is 12.8 Å². The van der Waals surface area contributed by atoms with Gasteiger partial charge in [0.1, 0.15) is 4.88 Å². The summed E-state index contributed by atoms with van der Waals surface area (Å²) in [6.45, 7) is 2.83. The maximum absolute atomic E-state index is 12.0. The van der Waals surface area contributed by atoms with E-state index in [1.54, 1.807) is 7.11 Å². The highest BCUT2D eigenvalue weighted by atomic mass is 32.1. The summed E-state index contributed by atoms with van der Waals surface area (Å²) in [6, 6.07) is 1.92. The molecular weight excluding hydrogens is 290 g/mol. The SMILES string of the molecule is COCCNC(=O)COC(=O)c1cc2c(s1)CC[C@H](C)C2. The highest BCUT2D eigenvalue weighted by molar-refractivity contribution is 7.14. The number of amides is 1. The molecule has 1 atom stereocenters. The summed E-state index contributed by atoms with van der Waals surface area (Å²) in [5.74, 6) is -0.0539. The van der Waals surface area contributed by atoms with Crippen molar-refractivity contribution in [3.05, 3.63) is 21.4 Å². The molecule has 1 aromatic rings. The van der Waals surface area contributed by atoms with Gasteiger partial charge in [0, 0.05) is 18.5 Å². The second-order valence-corrected chi connectivity index (χ2v) is 6.46. The van der Waals surface area contributed by atoms with Gasteiger partial charge in [0.25, 0.3) is 5.91 Å². The smallest absolute Gasteiger partial charge is 0.348 e. The van der Waals surface area contributed by atoms with Gasteiger partial charge >= 0.3 is 5.97 Å². The number of aryl methyl sites for hydroxylation is 1. The lowest BCUT2D eigenvalue weighted by Crippen LogP contribution is -2.31. The van der Waals surface area contributed by atoms with E-state index >= 15 is 0 Å². The minimum Gasteiger partial charge on any atom is -0.451 e. The zero-order chi connectivity index (χ0) is 15.2. The molecule has 0 saturated heterocycles. The standard InChI is InChI=1S/C15H21NO4S/c1-10-3-4-12-11(7-10)8-13(21-12)15(18)20-9-14(17)16-5-6-19-2/h8,10H,3-7,9H2,1-2H3,(H,16,17)/t10-/m0/s1. The van der Waals surface area contributed by atoms with Crippen LogP contribution in [0.1, 0.15) is 33.5 Å². The van der Waals surface area contributed by atoms with Crippen molar-refractivity contribution in [2.45, 2.75) is 26.2 Å². The fourth-order valence-electron chi connectivity index (χ4n) is 2.35. The number of hydrogen-bond donors (Lipinski definition) is 1. The van der Waals surface area contributed by atoms with Crippen LogP contribution in [0.3, 0.4) is 0 Å². The molecule has 6 heteroatoms. The first-order chi connectivity index (χ1) is 10.1. The number of ether oxygens (including phenoxy) is 2. The number of methoxy groups -OCH3 is 1. The van der Waals surface area contributed by atoms with Crippen LogP contribution in [0, 0.1) is 5.92 Å². The first-order valence-corrected chi connectivity index (χ1v) is 7.96. The molecule has 116 valence electrons. The topological polar surface area (TPSA) is 64.6 Å². The van der Waals surface area contributed by atoms with Crippen LogP contribution in [0.15, 0.2) is 6.07 Å². The van der Waals surface area contributed by atoms with Gasteiger partial charge in [0.05, 0.1) is 6.61 Å². The van der Waals surface area contributed by atoms with Crippen molar-refractivity contribution in [3.8, 4) is 0 Å². The number of carbonyl (C=O) groups excluding carboxylic acids is 2. The number of nitrogens with one attached hydrogen (secondary N) is 1. The first-order valence-electron chi connectivity index (χ1n) is 7.14. The molecule has 0 aromatic carbocycles. The van der Waals surface area contributed by atoms with Crippen LogP contribution in [0.2, 0.25) is 0 Å². The number of fused-ring (bicyclic) bond motifs is 1. The van der Waals surface area contributed by atoms with E-state index in [1.165, 1.54) is 28.2 Å². The number of thiophene rings is 1. The normalized spacial score (nSPS) is 17.1. The fourth-order valence-corrected chi connectivity index (χ4v) is 3.45.